The molecule has 8 nitrogen and oxygen atoms in total. The van der Waals surface area contributed by atoms with Gasteiger partial charge in [0.05, 0.1) is 10.6 Å². The number of ether oxygens (including phenoxy) is 1. The molecule has 0 aliphatic carbocycles. The number of anilines is 1. The van der Waals surface area contributed by atoms with Crippen molar-refractivity contribution in [2.75, 3.05) is 5.32 Å². The van der Waals surface area contributed by atoms with Crippen molar-refractivity contribution in [3.63, 3.8) is 0 Å². The van der Waals surface area contributed by atoms with Crippen molar-refractivity contribution in [2.24, 2.45) is 0 Å². The van der Waals surface area contributed by atoms with Crippen LogP contribution in [-0.2, 0) is 4.79 Å². The summed E-state index contributed by atoms with van der Waals surface area (Å²) in [6.07, 6.45) is 0. The number of nitrogens with one attached hydrogen (secondary N) is 2. The summed E-state index contributed by atoms with van der Waals surface area (Å²) in [5.74, 6) is 0.0436. The maximum absolute atomic E-state index is 12.6. The molecule has 0 spiro atoms. The second kappa shape index (κ2) is 9.53. The lowest BCUT2D eigenvalue weighted by Gasteiger charge is -2.16. The SMILES string of the molecule is Cc1cccc(Oc2ccccc2NC(=O)C(C)NC(=O)c2cccc([N+](=O)[O-])c2)c1. The normalized spacial score (nSPS) is 11.3. The first-order valence-electron chi connectivity index (χ1n) is 9.53. The van der Waals surface area contributed by atoms with Gasteiger partial charge in [0.1, 0.15) is 11.8 Å². The Balaban J connectivity index is 1.68. The van der Waals surface area contributed by atoms with Gasteiger partial charge in [-0.3, -0.25) is 19.7 Å². The largest absolute Gasteiger partial charge is 0.455 e. The molecule has 0 aromatic heterocycles. The summed E-state index contributed by atoms with van der Waals surface area (Å²) in [4.78, 5) is 35.3. The number of hydrogen-bond acceptors (Lipinski definition) is 5. The molecular weight excluding hydrogens is 398 g/mol. The maximum Gasteiger partial charge on any atom is 0.270 e. The zero-order chi connectivity index (χ0) is 22.4. The summed E-state index contributed by atoms with van der Waals surface area (Å²) in [7, 11) is 0. The first-order valence-corrected chi connectivity index (χ1v) is 9.53. The minimum Gasteiger partial charge on any atom is -0.455 e. The smallest absolute Gasteiger partial charge is 0.270 e. The minimum absolute atomic E-state index is 0.0945. The van der Waals surface area contributed by atoms with E-state index in [0.29, 0.717) is 17.2 Å². The molecule has 0 saturated heterocycles. The van der Waals surface area contributed by atoms with E-state index in [1.165, 1.54) is 25.1 Å². The predicted octanol–water partition coefficient (Wildman–Crippen LogP) is 4.45. The van der Waals surface area contributed by atoms with Gasteiger partial charge in [-0.25, -0.2) is 0 Å². The van der Waals surface area contributed by atoms with E-state index in [1.54, 1.807) is 24.3 Å². The molecule has 3 aromatic rings. The zero-order valence-corrected chi connectivity index (χ0v) is 17.0. The van der Waals surface area contributed by atoms with Gasteiger partial charge < -0.3 is 15.4 Å². The molecule has 3 rings (SSSR count). The second-order valence-electron chi connectivity index (χ2n) is 6.91. The molecule has 1 unspecified atom stereocenters. The second-order valence-corrected chi connectivity index (χ2v) is 6.91. The standard InChI is InChI=1S/C23H21N3O5/c1-15-7-5-10-19(13-15)31-21-12-4-3-11-20(21)25-22(27)16(2)24-23(28)17-8-6-9-18(14-17)26(29)30/h3-14,16H,1-2H3,(H,24,28)(H,25,27). The van der Waals surface area contributed by atoms with E-state index in [9.17, 15) is 19.7 Å². The first-order chi connectivity index (χ1) is 14.8. The highest BCUT2D eigenvalue weighted by atomic mass is 16.6. The number of para-hydroxylation sites is 2. The van der Waals surface area contributed by atoms with Crippen LogP contribution in [0.15, 0.2) is 72.8 Å². The fourth-order valence-corrected chi connectivity index (χ4v) is 2.81. The number of nitro benzene ring substituents is 1. The van der Waals surface area contributed by atoms with Crippen molar-refractivity contribution >= 4 is 23.2 Å². The topological polar surface area (TPSA) is 111 Å². The van der Waals surface area contributed by atoms with Crippen LogP contribution in [0.2, 0.25) is 0 Å². The molecule has 0 aliphatic rings. The molecule has 0 fully saturated rings. The Morgan fingerprint density at radius 2 is 1.74 bits per heavy atom. The summed E-state index contributed by atoms with van der Waals surface area (Å²) in [6, 6.07) is 18.9. The van der Waals surface area contributed by atoms with Gasteiger partial charge >= 0.3 is 0 Å². The zero-order valence-electron chi connectivity index (χ0n) is 17.0. The molecule has 1 atom stereocenters. The summed E-state index contributed by atoms with van der Waals surface area (Å²) in [5, 5.41) is 16.2. The Labute approximate surface area is 179 Å². The fourth-order valence-electron chi connectivity index (χ4n) is 2.81. The Morgan fingerprint density at radius 3 is 2.48 bits per heavy atom. The molecule has 2 N–H and O–H groups in total. The number of nitro groups is 1. The Kier molecular flexibility index (Phi) is 6.61. The monoisotopic (exact) mass is 419 g/mol. The van der Waals surface area contributed by atoms with Crippen LogP contribution in [0, 0.1) is 17.0 Å². The lowest BCUT2D eigenvalue weighted by molar-refractivity contribution is -0.384. The third-order valence-corrected chi connectivity index (χ3v) is 4.42. The number of nitrogens with zero attached hydrogens (tertiary/aromatic N) is 1. The van der Waals surface area contributed by atoms with E-state index in [1.807, 2.05) is 31.2 Å². The van der Waals surface area contributed by atoms with E-state index < -0.39 is 22.8 Å². The van der Waals surface area contributed by atoms with Crippen LogP contribution in [0.4, 0.5) is 11.4 Å². The van der Waals surface area contributed by atoms with Gasteiger partial charge in [0.25, 0.3) is 11.6 Å². The van der Waals surface area contributed by atoms with Crippen molar-refractivity contribution in [3.05, 3.63) is 94.0 Å². The van der Waals surface area contributed by atoms with Crippen LogP contribution in [0.1, 0.15) is 22.8 Å². The average Bonchev–Trinajstić information content (AvgIpc) is 2.75. The van der Waals surface area contributed by atoms with Gasteiger partial charge in [0.2, 0.25) is 5.91 Å². The fraction of sp³-hybridized carbons (Fsp3) is 0.130. The van der Waals surface area contributed by atoms with Crippen LogP contribution in [-0.4, -0.2) is 22.8 Å². The average molecular weight is 419 g/mol. The van der Waals surface area contributed by atoms with Crippen molar-refractivity contribution in [1.29, 1.82) is 0 Å². The van der Waals surface area contributed by atoms with E-state index >= 15 is 0 Å². The van der Waals surface area contributed by atoms with Crippen molar-refractivity contribution in [1.82, 2.24) is 5.32 Å². The lowest BCUT2D eigenvalue weighted by atomic mass is 10.1. The number of non-ortho nitro benzene ring substituents is 1. The number of benzene rings is 3. The van der Waals surface area contributed by atoms with Crippen LogP contribution in [0.5, 0.6) is 11.5 Å². The Morgan fingerprint density at radius 1 is 1.00 bits per heavy atom. The van der Waals surface area contributed by atoms with Crippen LogP contribution >= 0.6 is 0 Å². The van der Waals surface area contributed by atoms with Gasteiger partial charge in [0, 0.05) is 17.7 Å². The summed E-state index contributed by atoms with van der Waals surface area (Å²) < 4.78 is 5.89. The number of hydrogen-bond donors (Lipinski definition) is 2. The number of amides is 2. The highest BCUT2D eigenvalue weighted by Gasteiger charge is 2.19. The molecule has 8 heteroatoms. The Bertz CT molecular complexity index is 1130. The summed E-state index contributed by atoms with van der Waals surface area (Å²) >= 11 is 0. The molecule has 0 aliphatic heterocycles. The molecule has 2 amide bonds. The summed E-state index contributed by atoms with van der Waals surface area (Å²) in [5.41, 5.74) is 1.38. The van der Waals surface area contributed by atoms with E-state index in [4.69, 9.17) is 4.74 Å². The van der Waals surface area contributed by atoms with Gasteiger partial charge in [-0.05, 0) is 49.7 Å². The predicted molar refractivity (Wildman–Crippen MR) is 116 cm³/mol. The highest BCUT2D eigenvalue weighted by molar-refractivity contribution is 6.01. The molecule has 31 heavy (non-hydrogen) atoms. The Hall–Kier alpha value is -4.20. The molecule has 3 aromatic carbocycles. The quantitative estimate of drug-likeness (QED) is 0.434. The highest BCUT2D eigenvalue weighted by Crippen LogP contribution is 2.29. The molecular formula is C23H21N3O5. The molecule has 0 heterocycles. The van der Waals surface area contributed by atoms with Crippen LogP contribution in [0.3, 0.4) is 0 Å². The number of aryl methyl sites for hydroxylation is 1. The molecule has 0 saturated carbocycles. The van der Waals surface area contributed by atoms with Crippen LogP contribution in [0.25, 0.3) is 0 Å². The number of carbonyl (C=O) groups excluding carboxylic acids is 2. The number of carbonyl (C=O) groups is 2. The van der Waals surface area contributed by atoms with Crippen molar-refractivity contribution in [3.8, 4) is 11.5 Å². The third kappa shape index (κ3) is 5.66. The molecule has 0 radical (unpaired) electrons. The van der Waals surface area contributed by atoms with Crippen LogP contribution < -0.4 is 15.4 Å². The molecule has 158 valence electrons. The van der Waals surface area contributed by atoms with Gasteiger partial charge in [-0.15, -0.1) is 0 Å². The van der Waals surface area contributed by atoms with Gasteiger partial charge in [-0.1, -0.05) is 30.3 Å². The third-order valence-electron chi connectivity index (χ3n) is 4.42. The van der Waals surface area contributed by atoms with Crippen molar-refractivity contribution in [2.45, 2.75) is 19.9 Å². The maximum atomic E-state index is 12.6. The van der Waals surface area contributed by atoms with E-state index in [-0.39, 0.29) is 11.3 Å². The van der Waals surface area contributed by atoms with Gasteiger partial charge in [0.15, 0.2) is 5.75 Å². The summed E-state index contributed by atoms with van der Waals surface area (Å²) in [6.45, 7) is 3.47. The first kappa shape index (κ1) is 21.5. The number of rotatable bonds is 7. The van der Waals surface area contributed by atoms with E-state index in [2.05, 4.69) is 10.6 Å². The lowest BCUT2D eigenvalue weighted by Crippen LogP contribution is -2.41. The van der Waals surface area contributed by atoms with E-state index in [0.717, 1.165) is 11.6 Å². The van der Waals surface area contributed by atoms with Crippen molar-refractivity contribution < 1.29 is 19.2 Å². The molecule has 0 bridgehead atoms. The van der Waals surface area contributed by atoms with Gasteiger partial charge in [-0.2, -0.15) is 0 Å². The minimum atomic E-state index is -0.890.